The van der Waals surface area contributed by atoms with E-state index in [9.17, 15) is 0 Å². The second-order valence-electron chi connectivity index (χ2n) is 5.94. The first-order valence-electron chi connectivity index (χ1n) is 7.27. The maximum atomic E-state index is 4.38. The van der Waals surface area contributed by atoms with Gasteiger partial charge >= 0.3 is 0 Å². The third-order valence-electron chi connectivity index (χ3n) is 4.26. The van der Waals surface area contributed by atoms with Crippen LogP contribution in [-0.4, -0.2) is 10.5 Å². The summed E-state index contributed by atoms with van der Waals surface area (Å²) in [4.78, 5) is 0. The standard InChI is InChI=1S/C18H25NS/c1-11(2)19-17-9-7-16(8-10-17)13(4)18-12(3)14(5)20-15(18)6/h7-10,12,14-15,18-19H,1,4H2,2-3,5-6H3. The van der Waals surface area contributed by atoms with Crippen LogP contribution in [0.5, 0.6) is 0 Å². The van der Waals surface area contributed by atoms with Crippen LogP contribution in [-0.2, 0) is 0 Å². The van der Waals surface area contributed by atoms with Crippen molar-refractivity contribution >= 4 is 23.0 Å². The summed E-state index contributed by atoms with van der Waals surface area (Å²) in [7, 11) is 0. The Morgan fingerprint density at radius 1 is 1.05 bits per heavy atom. The van der Waals surface area contributed by atoms with E-state index in [1.807, 2.05) is 6.92 Å². The van der Waals surface area contributed by atoms with Crippen LogP contribution in [0.2, 0.25) is 0 Å². The Bertz CT molecular complexity index is 503. The van der Waals surface area contributed by atoms with Crippen LogP contribution in [0.1, 0.15) is 33.3 Å². The normalized spacial score (nSPS) is 29.2. The molecular weight excluding hydrogens is 262 g/mol. The van der Waals surface area contributed by atoms with E-state index in [1.54, 1.807) is 0 Å². The predicted octanol–water partition coefficient (Wildman–Crippen LogP) is 5.42. The van der Waals surface area contributed by atoms with E-state index < -0.39 is 0 Å². The fraction of sp³-hybridized carbons (Fsp3) is 0.444. The molecule has 1 aromatic rings. The van der Waals surface area contributed by atoms with Crippen molar-refractivity contribution < 1.29 is 0 Å². The summed E-state index contributed by atoms with van der Waals surface area (Å²) in [6.07, 6.45) is 0. The molecule has 0 radical (unpaired) electrons. The molecule has 0 amide bonds. The smallest absolute Gasteiger partial charge is 0.0381 e. The molecule has 1 fully saturated rings. The molecule has 0 spiro atoms. The summed E-state index contributed by atoms with van der Waals surface area (Å²) >= 11 is 2.09. The SMILES string of the molecule is C=C(C)Nc1ccc(C(=C)C2C(C)SC(C)C2C)cc1. The molecule has 1 aromatic carbocycles. The molecule has 0 bridgehead atoms. The zero-order chi connectivity index (χ0) is 14.9. The van der Waals surface area contributed by atoms with Gasteiger partial charge in [0.2, 0.25) is 0 Å². The molecule has 2 heteroatoms. The monoisotopic (exact) mass is 287 g/mol. The van der Waals surface area contributed by atoms with Crippen molar-refractivity contribution in [2.45, 2.75) is 38.2 Å². The largest absolute Gasteiger partial charge is 0.360 e. The first-order valence-corrected chi connectivity index (χ1v) is 8.21. The number of thioether (sulfide) groups is 1. The van der Waals surface area contributed by atoms with Gasteiger partial charge in [0.1, 0.15) is 0 Å². The van der Waals surface area contributed by atoms with Crippen molar-refractivity contribution in [3.63, 3.8) is 0 Å². The average Bonchev–Trinajstić information content (AvgIpc) is 2.63. The number of rotatable bonds is 4. The Hall–Kier alpha value is -1.15. The Balaban J connectivity index is 2.15. The van der Waals surface area contributed by atoms with Crippen LogP contribution in [0.3, 0.4) is 0 Å². The van der Waals surface area contributed by atoms with Crippen molar-refractivity contribution in [1.29, 1.82) is 0 Å². The highest BCUT2D eigenvalue weighted by atomic mass is 32.2. The van der Waals surface area contributed by atoms with Gasteiger partial charge in [0.25, 0.3) is 0 Å². The number of anilines is 1. The average molecular weight is 287 g/mol. The Morgan fingerprint density at radius 3 is 2.10 bits per heavy atom. The maximum Gasteiger partial charge on any atom is 0.0381 e. The van der Waals surface area contributed by atoms with Crippen LogP contribution in [0.15, 0.2) is 43.1 Å². The minimum absolute atomic E-state index is 0.579. The summed E-state index contributed by atoms with van der Waals surface area (Å²) in [6.45, 7) is 17.2. The zero-order valence-corrected chi connectivity index (χ0v) is 13.8. The second kappa shape index (κ2) is 6.09. The maximum absolute atomic E-state index is 4.38. The van der Waals surface area contributed by atoms with Gasteiger partial charge in [-0.25, -0.2) is 0 Å². The lowest BCUT2D eigenvalue weighted by Gasteiger charge is -2.23. The molecule has 1 aliphatic heterocycles. The fourth-order valence-corrected chi connectivity index (χ4v) is 4.75. The molecule has 0 aromatic heterocycles. The van der Waals surface area contributed by atoms with Crippen molar-refractivity contribution in [3.8, 4) is 0 Å². The molecule has 20 heavy (non-hydrogen) atoms. The Kier molecular flexibility index (Phi) is 4.64. The first-order chi connectivity index (χ1) is 9.40. The fourth-order valence-electron chi connectivity index (χ4n) is 3.07. The molecule has 1 heterocycles. The summed E-state index contributed by atoms with van der Waals surface area (Å²) in [5.74, 6) is 1.27. The highest BCUT2D eigenvalue weighted by Crippen LogP contribution is 2.47. The quantitative estimate of drug-likeness (QED) is 0.793. The van der Waals surface area contributed by atoms with Gasteiger partial charge in [0, 0.05) is 21.9 Å². The lowest BCUT2D eigenvalue weighted by Crippen LogP contribution is -2.18. The van der Waals surface area contributed by atoms with Gasteiger partial charge in [-0.2, -0.15) is 11.8 Å². The minimum atomic E-state index is 0.579. The van der Waals surface area contributed by atoms with Gasteiger partial charge < -0.3 is 5.32 Å². The molecule has 1 nitrogen and oxygen atoms in total. The number of hydrogen-bond donors (Lipinski definition) is 1. The second-order valence-corrected chi connectivity index (χ2v) is 7.70. The number of nitrogens with one attached hydrogen (secondary N) is 1. The van der Waals surface area contributed by atoms with Crippen molar-refractivity contribution in [2.75, 3.05) is 5.32 Å². The highest BCUT2D eigenvalue weighted by Gasteiger charge is 2.38. The molecule has 4 unspecified atom stereocenters. The van der Waals surface area contributed by atoms with Gasteiger partial charge in [-0.1, -0.05) is 46.1 Å². The van der Waals surface area contributed by atoms with Crippen molar-refractivity contribution in [2.24, 2.45) is 11.8 Å². The molecule has 2 rings (SSSR count). The first kappa shape index (κ1) is 15.2. The molecule has 1 saturated heterocycles. The predicted molar refractivity (Wildman–Crippen MR) is 93.1 cm³/mol. The van der Waals surface area contributed by atoms with E-state index in [-0.39, 0.29) is 0 Å². The van der Waals surface area contributed by atoms with Gasteiger partial charge in [-0.3, -0.25) is 0 Å². The minimum Gasteiger partial charge on any atom is -0.360 e. The topological polar surface area (TPSA) is 12.0 Å². The highest BCUT2D eigenvalue weighted by molar-refractivity contribution is 8.00. The lowest BCUT2D eigenvalue weighted by atomic mass is 9.81. The summed E-state index contributed by atoms with van der Waals surface area (Å²) in [5, 5.41) is 4.61. The zero-order valence-electron chi connectivity index (χ0n) is 12.9. The van der Waals surface area contributed by atoms with E-state index in [4.69, 9.17) is 0 Å². The number of benzene rings is 1. The van der Waals surface area contributed by atoms with Gasteiger partial charge in [-0.15, -0.1) is 0 Å². The van der Waals surface area contributed by atoms with Crippen LogP contribution in [0.25, 0.3) is 5.57 Å². The Morgan fingerprint density at radius 2 is 1.65 bits per heavy atom. The molecule has 1 N–H and O–H groups in total. The molecule has 0 saturated carbocycles. The van der Waals surface area contributed by atoms with Crippen LogP contribution in [0, 0.1) is 11.8 Å². The van der Waals surface area contributed by atoms with E-state index in [0.717, 1.165) is 16.6 Å². The lowest BCUT2D eigenvalue weighted by molar-refractivity contribution is 0.468. The molecule has 108 valence electrons. The molecule has 0 aliphatic carbocycles. The van der Waals surface area contributed by atoms with E-state index >= 15 is 0 Å². The third-order valence-corrected chi connectivity index (χ3v) is 5.84. The van der Waals surface area contributed by atoms with E-state index in [1.165, 1.54) is 11.1 Å². The van der Waals surface area contributed by atoms with Gasteiger partial charge in [-0.05, 0) is 42.0 Å². The summed E-state index contributed by atoms with van der Waals surface area (Å²) in [6, 6.07) is 8.55. The van der Waals surface area contributed by atoms with Gasteiger partial charge in [0.15, 0.2) is 0 Å². The third kappa shape index (κ3) is 3.12. The van der Waals surface area contributed by atoms with Crippen LogP contribution >= 0.6 is 11.8 Å². The molecule has 4 atom stereocenters. The number of hydrogen-bond acceptors (Lipinski definition) is 2. The van der Waals surface area contributed by atoms with Crippen molar-refractivity contribution in [1.82, 2.24) is 0 Å². The molecular formula is C18H25NS. The van der Waals surface area contributed by atoms with Crippen LogP contribution in [0.4, 0.5) is 5.69 Å². The van der Waals surface area contributed by atoms with Crippen molar-refractivity contribution in [3.05, 3.63) is 48.7 Å². The van der Waals surface area contributed by atoms with Crippen LogP contribution < -0.4 is 5.32 Å². The Labute approximate surface area is 127 Å². The summed E-state index contributed by atoms with van der Waals surface area (Å²) < 4.78 is 0. The summed E-state index contributed by atoms with van der Waals surface area (Å²) in [5.41, 5.74) is 4.59. The van der Waals surface area contributed by atoms with E-state index in [2.05, 4.69) is 75.3 Å². The van der Waals surface area contributed by atoms with Gasteiger partial charge in [0.05, 0.1) is 0 Å². The molecule has 1 aliphatic rings. The number of allylic oxidation sites excluding steroid dienone is 2. The van der Waals surface area contributed by atoms with E-state index in [0.29, 0.717) is 17.1 Å².